The van der Waals surface area contributed by atoms with Gasteiger partial charge in [-0.1, -0.05) is 50.3 Å². The van der Waals surface area contributed by atoms with E-state index < -0.39 is 12.0 Å². The number of fused-ring (bicyclic) bond motifs is 1. The Morgan fingerprint density at radius 3 is 2.46 bits per heavy atom. The zero-order valence-electron chi connectivity index (χ0n) is 22.0. The molecule has 1 atom stereocenters. The lowest BCUT2D eigenvalue weighted by molar-refractivity contribution is -0.122. The van der Waals surface area contributed by atoms with Crippen molar-refractivity contribution < 1.29 is 18.7 Å². The van der Waals surface area contributed by atoms with E-state index in [4.69, 9.17) is 9.15 Å². The number of aryl methyl sites for hydroxylation is 1. The SMILES string of the molecule is C=CCC(CC=C)c1oc(C(NC(=O)CCc2cn(CC=C)c3ccccc23)C(C)C)nc1C(=O)OC. The van der Waals surface area contributed by atoms with Gasteiger partial charge >= 0.3 is 5.97 Å². The van der Waals surface area contributed by atoms with Crippen LogP contribution in [0.1, 0.15) is 72.8 Å². The Balaban J connectivity index is 1.82. The van der Waals surface area contributed by atoms with Crippen LogP contribution in [0.25, 0.3) is 10.9 Å². The maximum Gasteiger partial charge on any atom is 0.360 e. The zero-order chi connectivity index (χ0) is 26.9. The highest BCUT2D eigenvalue weighted by Crippen LogP contribution is 2.32. The standard InChI is InChI=1S/C30H37N3O4/c1-7-12-21(13-8-2)28-27(30(35)36-6)32-29(37-28)26(20(4)5)31-25(34)17-16-22-19-33(18-9-3)24-15-11-10-14-23(22)24/h7-11,14-15,19-21,26H,1-3,12-13,16-18H2,4-6H3,(H,31,34). The molecule has 0 aliphatic heterocycles. The summed E-state index contributed by atoms with van der Waals surface area (Å²) in [5, 5.41) is 4.21. The number of para-hydroxylation sites is 1. The first-order valence-electron chi connectivity index (χ1n) is 12.6. The Bertz CT molecular complexity index is 1260. The summed E-state index contributed by atoms with van der Waals surface area (Å²) in [4.78, 5) is 30.1. The molecule has 1 aromatic carbocycles. The fraction of sp³-hybridized carbons (Fsp3) is 0.367. The first-order valence-corrected chi connectivity index (χ1v) is 12.6. The van der Waals surface area contributed by atoms with Gasteiger partial charge < -0.3 is 19.0 Å². The molecule has 7 heteroatoms. The maximum atomic E-state index is 13.1. The van der Waals surface area contributed by atoms with E-state index in [-0.39, 0.29) is 23.4 Å². The van der Waals surface area contributed by atoms with Gasteiger partial charge in [-0.2, -0.15) is 0 Å². The van der Waals surface area contributed by atoms with E-state index in [2.05, 4.69) is 52.9 Å². The molecule has 0 saturated carbocycles. The second kappa shape index (κ2) is 12.9. The second-order valence-corrected chi connectivity index (χ2v) is 9.40. The normalized spacial score (nSPS) is 12.0. The van der Waals surface area contributed by atoms with E-state index in [0.717, 1.165) is 16.5 Å². The van der Waals surface area contributed by atoms with Gasteiger partial charge in [0.15, 0.2) is 5.69 Å². The molecule has 1 N–H and O–H groups in total. The number of methoxy groups -OCH3 is 1. The molecule has 37 heavy (non-hydrogen) atoms. The molecule has 1 amide bonds. The molecule has 3 aromatic rings. The van der Waals surface area contributed by atoms with Gasteiger partial charge in [0.2, 0.25) is 11.8 Å². The summed E-state index contributed by atoms with van der Waals surface area (Å²) in [6.45, 7) is 16.1. The number of nitrogens with one attached hydrogen (secondary N) is 1. The molecule has 0 aliphatic rings. The predicted molar refractivity (Wildman–Crippen MR) is 146 cm³/mol. The van der Waals surface area contributed by atoms with Gasteiger partial charge in [0.1, 0.15) is 11.8 Å². The van der Waals surface area contributed by atoms with Crippen LogP contribution in [0.15, 0.2) is 72.8 Å². The van der Waals surface area contributed by atoms with Crippen LogP contribution < -0.4 is 5.32 Å². The lowest BCUT2D eigenvalue weighted by Crippen LogP contribution is -2.32. The third-order valence-corrected chi connectivity index (χ3v) is 6.39. The quantitative estimate of drug-likeness (QED) is 0.207. The zero-order valence-corrected chi connectivity index (χ0v) is 22.0. The molecule has 0 fully saturated rings. The molecule has 2 aromatic heterocycles. The molecule has 2 heterocycles. The fourth-order valence-electron chi connectivity index (χ4n) is 4.53. The molecule has 0 aliphatic carbocycles. The summed E-state index contributed by atoms with van der Waals surface area (Å²) in [5.41, 5.74) is 2.35. The number of benzene rings is 1. The average Bonchev–Trinajstić information content (AvgIpc) is 3.48. The van der Waals surface area contributed by atoms with Crippen molar-refractivity contribution in [3.05, 3.63) is 91.3 Å². The third-order valence-electron chi connectivity index (χ3n) is 6.39. The largest absolute Gasteiger partial charge is 0.464 e. The first-order chi connectivity index (χ1) is 17.8. The van der Waals surface area contributed by atoms with Gasteiger partial charge in [0.05, 0.1) is 7.11 Å². The van der Waals surface area contributed by atoms with Gasteiger partial charge in [-0.15, -0.1) is 19.7 Å². The number of allylic oxidation sites excluding steroid dienone is 3. The van der Waals surface area contributed by atoms with E-state index in [1.54, 1.807) is 12.2 Å². The van der Waals surface area contributed by atoms with Crippen molar-refractivity contribution in [1.82, 2.24) is 14.9 Å². The Hall–Kier alpha value is -3.87. The van der Waals surface area contributed by atoms with Crippen LogP contribution in [-0.4, -0.2) is 28.5 Å². The van der Waals surface area contributed by atoms with Gasteiger partial charge in [0, 0.05) is 36.0 Å². The van der Waals surface area contributed by atoms with Gasteiger partial charge in [-0.3, -0.25) is 4.79 Å². The number of esters is 1. The molecular formula is C30H37N3O4. The molecule has 0 saturated heterocycles. The summed E-state index contributed by atoms with van der Waals surface area (Å²) in [6.07, 6.45) is 9.55. The monoisotopic (exact) mass is 503 g/mol. The number of carbonyl (C=O) groups is 2. The molecule has 0 spiro atoms. The molecular weight excluding hydrogens is 466 g/mol. The van der Waals surface area contributed by atoms with Gasteiger partial charge in [-0.25, -0.2) is 9.78 Å². The van der Waals surface area contributed by atoms with Crippen LogP contribution in [0, 0.1) is 5.92 Å². The minimum Gasteiger partial charge on any atom is -0.464 e. The Morgan fingerprint density at radius 2 is 1.84 bits per heavy atom. The molecule has 196 valence electrons. The minimum atomic E-state index is -0.576. The molecule has 0 bridgehead atoms. The van der Waals surface area contributed by atoms with Crippen molar-refractivity contribution in [2.45, 2.75) is 58.0 Å². The third kappa shape index (κ3) is 6.47. The average molecular weight is 504 g/mol. The van der Waals surface area contributed by atoms with Crippen molar-refractivity contribution in [1.29, 1.82) is 0 Å². The van der Waals surface area contributed by atoms with Crippen LogP contribution in [0.5, 0.6) is 0 Å². The molecule has 0 radical (unpaired) electrons. The highest BCUT2D eigenvalue weighted by atomic mass is 16.5. The van der Waals surface area contributed by atoms with Crippen LogP contribution in [-0.2, 0) is 22.5 Å². The minimum absolute atomic E-state index is 0.0206. The number of rotatable bonds is 14. The van der Waals surface area contributed by atoms with Gasteiger partial charge in [-0.05, 0) is 36.8 Å². The number of hydrogen-bond acceptors (Lipinski definition) is 5. The van der Waals surface area contributed by atoms with Crippen LogP contribution >= 0.6 is 0 Å². The maximum absolute atomic E-state index is 13.1. The number of aromatic nitrogens is 2. The van der Waals surface area contributed by atoms with Crippen molar-refractivity contribution in [3.63, 3.8) is 0 Å². The van der Waals surface area contributed by atoms with Crippen LogP contribution in [0.2, 0.25) is 0 Å². The van der Waals surface area contributed by atoms with E-state index in [1.165, 1.54) is 7.11 Å². The summed E-state index contributed by atoms with van der Waals surface area (Å²) < 4.78 is 13.2. The molecule has 3 rings (SSSR count). The summed E-state index contributed by atoms with van der Waals surface area (Å²) in [5.74, 6) is -0.147. The van der Waals surface area contributed by atoms with Crippen LogP contribution in [0.3, 0.4) is 0 Å². The van der Waals surface area contributed by atoms with E-state index in [1.807, 2.05) is 32.1 Å². The number of carbonyl (C=O) groups excluding carboxylic acids is 2. The first kappa shape index (κ1) is 27.7. The number of nitrogens with zero attached hydrogens (tertiary/aromatic N) is 2. The van der Waals surface area contributed by atoms with Crippen molar-refractivity contribution in [2.24, 2.45) is 5.92 Å². The Morgan fingerprint density at radius 1 is 1.14 bits per heavy atom. The highest BCUT2D eigenvalue weighted by molar-refractivity contribution is 5.88. The lowest BCUT2D eigenvalue weighted by Gasteiger charge is -2.19. The Labute approximate surface area is 218 Å². The lowest BCUT2D eigenvalue weighted by atomic mass is 9.97. The van der Waals surface area contributed by atoms with E-state index in [0.29, 0.717) is 43.9 Å². The number of amides is 1. The molecule has 1 unspecified atom stereocenters. The summed E-state index contributed by atoms with van der Waals surface area (Å²) in [7, 11) is 1.31. The fourth-order valence-corrected chi connectivity index (χ4v) is 4.53. The van der Waals surface area contributed by atoms with Crippen molar-refractivity contribution in [3.8, 4) is 0 Å². The smallest absolute Gasteiger partial charge is 0.360 e. The summed E-state index contributed by atoms with van der Waals surface area (Å²) >= 11 is 0. The number of ether oxygens (including phenoxy) is 1. The number of hydrogen-bond donors (Lipinski definition) is 1. The van der Waals surface area contributed by atoms with E-state index >= 15 is 0 Å². The topological polar surface area (TPSA) is 86.4 Å². The van der Waals surface area contributed by atoms with Crippen LogP contribution in [0.4, 0.5) is 0 Å². The van der Waals surface area contributed by atoms with Gasteiger partial charge in [0.25, 0.3) is 0 Å². The Kier molecular flexibility index (Phi) is 9.66. The van der Waals surface area contributed by atoms with Crippen molar-refractivity contribution in [2.75, 3.05) is 7.11 Å². The van der Waals surface area contributed by atoms with E-state index in [9.17, 15) is 9.59 Å². The predicted octanol–water partition coefficient (Wildman–Crippen LogP) is 6.28. The second-order valence-electron chi connectivity index (χ2n) is 9.40. The van der Waals surface area contributed by atoms with Crippen molar-refractivity contribution >= 4 is 22.8 Å². The number of oxazole rings is 1. The highest BCUT2D eigenvalue weighted by Gasteiger charge is 2.31. The summed E-state index contributed by atoms with van der Waals surface area (Å²) in [6, 6.07) is 7.66. The molecule has 7 nitrogen and oxygen atoms in total.